The Morgan fingerprint density at radius 1 is 0.667 bits per heavy atom. The van der Waals surface area contributed by atoms with E-state index in [4.69, 9.17) is 0 Å². The number of rotatable bonds is 6. The lowest BCUT2D eigenvalue weighted by molar-refractivity contribution is -0.458. The zero-order valence-electron chi connectivity index (χ0n) is 16.4. The van der Waals surface area contributed by atoms with Crippen LogP contribution in [0.1, 0.15) is 11.1 Å². The van der Waals surface area contributed by atoms with Crippen molar-refractivity contribution in [1.82, 2.24) is 9.80 Å². The first-order valence-electron chi connectivity index (χ1n) is 8.11. The van der Waals surface area contributed by atoms with Crippen molar-refractivity contribution in [3.63, 3.8) is 0 Å². The van der Waals surface area contributed by atoms with Gasteiger partial charge in [0.05, 0.1) is 0 Å². The van der Waals surface area contributed by atoms with Gasteiger partial charge in [-0.1, -0.05) is 24.3 Å². The van der Waals surface area contributed by atoms with Gasteiger partial charge in [-0.05, 0) is 11.1 Å². The van der Waals surface area contributed by atoms with E-state index in [1.165, 1.54) is 22.5 Å². The van der Waals surface area contributed by atoms with E-state index in [2.05, 4.69) is 86.8 Å². The highest BCUT2D eigenvalue weighted by Crippen LogP contribution is 2.21. The molecule has 0 atom stereocenters. The fourth-order valence-corrected chi connectivity index (χ4v) is 2.26. The monoisotopic (exact) mass is 328 g/mol. The number of allylic oxidation sites excluding steroid dienone is 2. The normalized spacial score (nSPS) is 11.8. The highest BCUT2D eigenvalue weighted by molar-refractivity contribution is 5.83. The molecule has 0 saturated heterocycles. The van der Waals surface area contributed by atoms with Crippen LogP contribution in [-0.2, 0) is 0 Å². The molecular weight excluding hydrogens is 296 g/mol. The first-order chi connectivity index (χ1) is 11.2. The van der Waals surface area contributed by atoms with E-state index in [-0.39, 0.29) is 0 Å². The maximum Gasteiger partial charge on any atom is 0.164 e. The minimum atomic E-state index is 1.19. The van der Waals surface area contributed by atoms with Crippen molar-refractivity contribution in [2.24, 2.45) is 0 Å². The summed E-state index contributed by atoms with van der Waals surface area (Å²) >= 11 is 0. The molecule has 0 N–H and O–H groups in total. The number of hydrogen-bond acceptors (Lipinski definition) is 2. The average Bonchev–Trinajstić information content (AvgIpc) is 2.47. The van der Waals surface area contributed by atoms with Gasteiger partial charge in [0.2, 0.25) is 0 Å². The SMILES string of the molecule is CN(C)C(=CC=[N+](C)C)c1ccc(C(=CC=[N+](C)C)N(C)C)cc1. The summed E-state index contributed by atoms with van der Waals surface area (Å²) in [6, 6.07) is 8.71. The third-order valence-electron chi connectivity index (χ3n) is 3.50. The standard InChI is InChI=1S/C20H32N4/c1-21(2)15-13-19(23(5)6)17-9-11-18(12-10-17)20(24(7)8)14-16-22(3)4/h9-16H,1-8H3/q+2. The molecule has 24 heavy (non-hydrogen) atoms. The molecule has 0 unspecified atom stereocenters. The predicted octanol–water partition coefficient (Wildman–Crippen LogP) is 2.18. The van der Waals surface area contributed by atoms with Gasteiger partial charge in [0.15, 0.2) is 12.4 Å². The van der Waals surface area contributed by atoms with Crippen LogP contribution in [0.3, 0.4) is 0 Å². The zero-order chi connectivity index (χ0) is 18.3. The molecule has 0 aliphatic rings. The number of hydrogen-bond donors (Lipinski definition) is 0. The predicted molar refractivity (Wildman–Crippen MR) is 106 cm³/mol. The van der Waals surface area contributed by atoms with Crippen LogP contribution in [0, 0.1) is 0 Å². The van der Waals surface area contributed by atoms with Gasteiger partial charge in [0.25, 0.3) is 0 Å². The Labute approximate surface area is 147 Å². The Balaban J connectivity index is 3.23. The minimum absolute atomic E-state index is 1.19. The first kappa shape index (κ1) is 19.7. The third kappa shape index (κ3) is 6.03. The molecule has 0 spiro atoms. The van der Waals surface area contributed by atoms with Gasteiger partial charge in [-0.2, -0.15) is 0 Å². The molecule has 0 aliphatic carbocycles. The van der Waals surface area contributed by atoms with E-state index in [0.717, 1.165) is 0 Å². The molecule has 0 saturated carbocycles. The molecule has 0 aromatic heterocycles. The van der Waals surface area contributed by atoms with Crippen molar-refractivity contribution in [2.75, 3.05) is 56.4 Å². The smallest absolute Gasteiger partial charge is 0.164 e. The quantitative estimate of drug-likeness (QED) is 0.586. The summed E-state index contributed by atoms with van der Waals surface area (Å²) in [5, 5.41) is 0. The summed E-state index contributed by atoms with van der Waals surface area (Å²) in [5.74, 6) is 0. The highest BCUT2D eigenvalue weighted by atomic mass is 15.1. The van der Waals surface area contributed by atoms with Gasteiger partial charge < -0.3 is 9.80 Å². The largest absolute Gasteiger partial charge is 0.377 e. The van der Waals surface area contributed by atoms with Crippen LogP contribution in [0.4, 0.5) is 0 Å². The van der Waals surface area contributed by atoms with Crippen LogP contribution in [0.5, 0.6) is 0 Å². The molecule has 130 valence electrons. The molecule has 0 aliphatic heterocycles. The van der Waals surface area contributed by atoms with Crippen molar-refractivity contribution < 1.29 is 9.15 Å². The van der Waals surface area contributed by atoms with Crippen molar-refractivity contribution >= 4 is 23.8 Å². The third-order valence-corrected chi connectivity index (χ3v) is 3.50. The minimum Gasteiger partial charge on any atom is -0.377 e. The van der Waals surface area contributed by atoms with E-state index in [1.807, 2.05) is 37.3 Å². The van der Waals surface area contributed by atoms with E-state index in [9.17, 15) is 0 Å². The fourth-order valence-electron chi connectivity index (χ4n) is 2.26. The summed E-state index contributed by atoms with van der Waals surface area (Å²) < 4.78 is 4.09. The summed E-state index contributed by atoms with van der Waals surface area (Å²) in [5.41, 5.74) is 4.78. The number of benzene rings is 1. The second-order valence-electron chi connectivity index (χ2n) is 6.70. The van der Waals surface area contributed by atoms with E-state index >= 15 is 0 Å². The van der Waals surface area contributed by atoms with Crippen LogP contribution in [0.25, 0.3) is 11.4 Å². The van der Waals surface area contributed by atoms with Gasteiger partial charge in [-0.25, -0.2) is 9.15 Å². The molecule has 0 heterocycles. The average molecular weight is 329 g/mol. The van der Waals surface area contributed by atoms with Gasteiger partial charge >= 0.3 is 0 Å². The maximum atomic E-state index is 2.18. The summed E-state index contributed by atoms with van der Waals surface area (Å²) in [6.07, 6.45) is 8.41. The lowest BCUT2D eigenvalue weighted by atomic mass is 10.1. The highest BCUT2D eigenvalue weighted by Gasteiger charge is 2.08. The Hall–Kier alpha value is -2.36. The summed E-state index contributed by atoms with van der Waals surface area (Å²) in [4.78, 5) is 4.27. The van der Waals surface area contributed by atoms with E-state index < -0.39 is 0 Å². The molecule has 0 radical (unpaired) electrons. The molecule has 4 heteroatoms. The van der Waals surface area contributed by atoms with Crippen LogP contribution in [0.15, 0.2) is 36.4 Å². The van der Waals surface area contributed by atoms with Crippen LogP contribution in [0.2, 0.25) is 0 Å². The molecule has 0 amide bonds. The second kappa shape index (κ2) is 9.06. The number of nitrogens with zero attached hydrogens (tertiary/aromatic N) is 4. The van der Waals surface area contributed by atoms with Gasteiger partial charge in [0, 0.05) is 51.7 Å². The Morgan fingerprint density at radius 2 is 0.958 bits per heavy atom. The van der Waals surface area contributed by atoms with E-state index in [1.54, 1.807) is 0 Å². The molecule has 1 aromatic rings. The van der Waals surface area contributed by atoms with Gasteiger partial charge in [-0.3, -0.25) is 0 Å². The van der Waals surface area contributed by atoms with Crippen molar-refractivity contribution in [3.05, 3.63) is 47.5 Å². The molecule has 4 nitrogen and oxygen atoms in total. The molecular formula is C20H32N4+2. The van der Waals surface area contributed by atoms with Crippen molar-refractivity contribution in [1.29, 1.82) is 0 Å². The van der Waals surface area contributed by atoms with Gasteiger partial charge in [-0.15, -0.1) is 0 Å². The summed E-state index contributed by atoms with van der Waals surface area (Å²) in [7, 11) is 16.4. The maximum absolute atomic E-state index is 2.18. The Morgan fingerprint density at radius 3 is 1.17 bits per heavy atom. The molecule has 1 aromatic carbocycles. The van der Waals surface area contributed by atoms with Crippen LogP contribution in [-0.4, -0.2) is 87.8 Å². The second-order valence-corrected chi connectivity index (χ2v) is 6.70. The Bertz CT molecular complexity index is 592. The Kier molecular flexibility index (Phi) is 7.43. The topological polar surface area (TPSA) is 12.5 Å². The molecule has 1 rings (SSSR count). The lowest BCUT2D eigenvalue weighted by Crippen LogP contribution is -2.13. The van der Waals surface area contributed by atoms with Gasteiger partial charge in [0.1, 0.15) is 28.2 Å². The summed E-state index contributed by atoms with van der Waals surface area (Å²) in [6.45, 7) is 0. The van der Waals surface area contributed by atoms with Crippen LogP contribution >= 0.6 is 0 Å². The zero-order valence-corrected chi connectivity index (χ0v) is 16.4. The molecule has 0 fully saturated rings. The van der Waals surface area contributed by atoms with Crippen molar-refractivity contribution in [3.8, 4) is 0 Å². The van der Waals surface area contributed by atoms with Crippen molar-refractivity contribution in [2.45, 2.75) is 0 Å². The first-order valence-corrected chi connectivity index (χ1v) is 8.11. The van der Waals surface area contributed by atoms with E-state index in [0.29, 0.717) is 0 Å². The fraction of sp³-hybridized carbons (Fsp3) is 0.400. The van der Waals surface area contributed by atoms with Crippen LogP contribution < -0.4 is 0 Å². The molecule has 0 bridgehead atoms. The lowest BCUT2D eigenvalue weighted by Gasteiger charge is -2.19.